The number of carbonyl (C=O) groups excluding carboxylic acids is 4. The average Bonchev–Trinajstić information content (AvgIpc) is 3.50. The van der Waals surface area contributed by atoms with Crippen molar-refractivity contribution in [1.82, 2.24) is 25.0 Å². The van der Waals surface area contributed by atoms with Crippen LogP contribution in [0.5, 0.6) is 0 Å². The van der Waals surface area contributed by atoms with Gasteiger partial charge < -0.3 is 20.0 Å². The van der Waals surface area contributed by atoms with Crippen LogP contribution in [-0.4, -0.2) is 88.1 Å². The Morgan fingerprint density at radius 3 is 2.33 bits per heavy atom. The van der Waals surface area contributed by atoms with Gasteiger partial charge in [0, 0.05) is 50.7 Å². The van der Waals surface area contributed by atoms with Gasteiger partial charge >= 0.3 is 6.18 Å². The molecule has 5 rings (SSSR count). The first-order chi connectivity index (χ1) is 22.1. The standard InChI is InChI=1S/C34H36F3N5O4/c35-34(36,37)28-14-5-4-13-27(28)33(46)42-23-26-21-29(42)31(44)39-16-6-7-17-40(30(43)20-24-10-8-15-38-22-24)18-9-19-41(26)32(45)25-11-2-1-3-12-25/h1-5,8,10-15,22,26,29H,6-7,9,16-21,23H2,(H,39,44)/t26-,29-/m0/s1. The number of aromatic nitrogens is 1. The maximum Gasteiger partial charge on any atom is 0.417 e. The number of pyridine rings is 1. The molecule has 2 aliphatic rings. The molecular weight excluding hydrogens is 599 g/mol. The summed E-state index contributed by atoms with van der Waals surface area (Å²) >= 11 is 0. The highest BCUT2D eigenvalue weighted by molar-refractivity contribution is 6.00. The van der Waals surface area contributed by atoms with Gasteiger partial charge in [-0.3, -0.25) is 24.2 Å². The Morgan fingerprint density at radius 2 is 1.59 bits per heavy atom. The first-order valence-electron chi connectivity index (χ1n) is 15.4. The molecule has 1 aromatic heterocycles. The maximum atomic E-state index is 13.9. The van der Waals surface area contributed by atoms with Gasteiger partial charge in [-0.2, -0.15) is 13.2 Å². The highest BCUT2D eigenvalue weighted by Gasteiger charge is 2.45. The lowest BCUT2D eigenvalue weighted by molar-refractivity contribution is -0.138. The number of carbonyl (C=O) groups is 4. The number of hydrogen-bond acceptors (Lipinski definition) is 5. The van der Waals surface area contributed by atoms with Gasteiger partial charge in [-0.15, -0.1) is 0 Å². The highest BCUT2D eigenvalue weighted by atomic mass is 19.4. The third-order valence-corrected chi connectivity index (χ3v) is 8.44. The second-order valence-electron chi connectivity index (χ2n) is 11.5. The number of halogens is 3. The zero-order chi connectivity index (χ0) is 32.7. The molecule has 1 N–H and O–H groups in total. The van der Waals surface area contributed by atoms with Crippen LogP contribution in [0.4, 0.5) is 13.2 Å². The molecule has 0 radical (unpaired) electrons. The first kappa shape index (κ1) is 32.6. The summed E-state index contributed by atoms with van der Waals surface area (Å²) in [6, 6.07) is 15.0. The lowest BCUT2D eigenvalue weighted by Gasteiger charge is -2.31. The van der Waals surface area contributed by atoms with Crippen LogP contribution in [-0.2, 0) is 22.2 Å². The van der Waals surface area contributed by atoms with Gasteiger partial charge in [-0.05, 0) is 61.6 Å². The Bertz CT molecular complexity index is 1540. The van der Waals surface area contributed by atoms with E-state index in [4.69, 9.17) is 0 Å². The number of hydrogen-bond donors (Lipinski definition) is 1. The molecule has 4 amide bonds. The predicted molar refractivity (Wildman–Crippen MR) is 164 cm³/mol. The van der Waals surface area contributed by atoms with Crippen molar-refractivity contribution in [2.75, 3.05) is 32.7 Å². The zero-order valence-electron chi connectivity index (χ0n) is 25.3. The molecule has 2 saturated heterocycles. The number of benzene rings is 2. The van der Waals surface area contributed by atoms with Crippen molar-refractivity contribution in [2.24, 2.45) is 0 Å². The number of nitrogens with zero attached hydrogens (tertiary/aromatic N) is 4. The molecular formula is C34H36F3N5O4. The van der Waals surface area contributed by atoms with Crippen molar-refractivity contribution in [3.05, 3.63) is 101 Å². The summed E-state index contributed by atoms with van der Waals surface area (Å²) in [4.78, 5) is 63.0. The van der Waals surface area contributed by atoms with E-state index in [1.54, 1.807) is 58.6 Å². The fourth-order valence-corrected chi connectivity index (χ4v) is 6.12. The van der Waals surface area contributed by atoms with Crippen LogP contribution in [0.1, 0.15) is 57.5 Å². The van der Waals surface area contributed by atoms with Gasteiger partial charge in [0.15, 0.2) is 0 Å². The largest absolute Gasteiger partial charge is 0.417 e. The Labute approximate surface area is 265 Å². The lowest BCUT2D eigenvalue weighted by Crippen LogP contribution is -2.46. The van der Waals surface area contributed by atoms with Crippen molar-refractivity contribution in [3.8, 4) is 0 Å². The fourth-order valence-electron chi connectivity index (χ4n) is 6.12. The summed E-state index contributed by atoms with van der Waals surface area (Å²) in [7, 11) is 0. The van der Waals surface area contributed by atoms with Crippen molar-refractivity contribution in [2.45, 2.75) is 50.4 Å². The van der Waals surface area contributed by atoms with E-state index in [0.29, 0.717) is 37.9 Å². The van der Waals surface area contributed by atoms with Gasteiger partial charge in [0.25, 0.3) is 11.8 Å². The van der Waals surface area contributed by atoms with Crippen LogP contribution < -0.4 is 5.32 Å². The second kappa shape index (κ2) is 14.6. The molecule has 9 nitrogen and oxygen atoms in total. The third kappa shape index (κ3) is 7.72. The van der Waals surface area contributed by atoms with Gasteiger partial charge in [0.05, 0.1) is 23.6 Å². The maximum absolute atomic E-state index is 13.9. The smallest absolute Gasteiger partial charge is 0.354 e. The van der Waals surface area contributed by atoms with Crippen molar-refractivity contribution < 1.29 is 32.3 Å². The Morgan fingerprint density at radius 1 is 0.848 bits per heavy atom. The molecule has 3 heterocycles. The van der Waals surface area contributed by atoms with Crippen molar-refractivity contribution in [1.29, 1.82) is 0 Å². The molecule has 0 unspecified atom stereocenters. The molecule has 2 bridgehead atoms. The van der Waals surface area contributed by atoms with E-state index in [9.17, 15) is 32.3 Å². The Kier molecular flexibility index (Phi) is 10.3. The second-order valence-corrected chi connectivity index (χ2v) is 11.5. The average molecular weight is 636 g/mol. The van der Waals surface area contributed by atoms with E-state index < -0.39 is 41.2 Å². The number of alkyl halides is 3. The molecule has 0 spiro atoms. The van der Waals surface area contributed by atoms with Crippen LogP contribution in [0.3, 0.4) is 0 Å². The molecule has 46 heavy (non-hydrogen) atoms. The van der Waals surface area contributed by atoms with E-state index in [2.05, 4.69) is 10.3 Å². The zero-order valence-corrected chi connectivity index (χ0v) is 25.3. The highest BCUT2D eigenvalue weighted by Crippen LogP contribution is 2.34. The number of nitrogens with one attached hydrogen (secondary N) is 1. The summed E-state index contributed by atoms with van der Waals surface area (Å²) in [6.07, 6.45) is 0.340. The molecule has 0 saturated carbocycles. The Hall–Kier alpha value is -4.74. The van der Waals surface area contributed by atoms with Gasteiger partial charge in [0.2, 0.25) is 11.8 Å². The van der Waals surface area contributed by atoms with Gasteiger partial charge in [-0.1, -0.05) is 36.4 Å². The van der Waals surface area contributed by atoms with E-state index >= 15 is 0 Å². The minimum Gasteiger partial charge on any atom is -0.354 e. The molecule has 2 aliphatic heterocycles. The fraction of sp³-hybridized carbons (Fsp3) is 0.382. The quantitative estimate of drug-likeness (QED) is 0.463. The molecule has 2 atom stereocenters. The van der Waals surface area contributed by atoms with E-state index in [1.165, 1.54) is 17.0 Å². The third-order valence-electron chi connectivity index (χ3n) is 8.44. The van der Waals surface area contributed by atoms with Crippen LogP contribution in [0.2, 0.25) is 0 Å². The molecule has 242 valence electrons. The molecule has 0 aliphatic carbocycles. The summed E-state index contributed by atoms with van der Waals surface area (Å²) in [6.45, 7) is 1.18. The normalized spacial score (nSPS) is 19.7. The topological polar surface area (TPSA) is 103 Å². The van der Waals surface area contributed by atoms with Gasteiger partial charge in [-0.25, -0.2) is 0 Å². The number of rotatable bonds is 4. The molecule has 12 heteroatoms. The van der Waals surface area contributed by atoms with E-state index in [1.807, 2.05) is 6.07 Å². The predicted octanol–water partition coefficient (Wildman–Crippen LogP) is 4.20. The van der Waals surface area contributed by atoms with Crippen LogP contribution >= 0.6 is 0 Å². The molecule has 2 aromatic carbocycles. The summed E-state index contributed by atoms with van der Waals surface area (Å²) in [5, 5.41) is 2.83. The lowest BCUT2D eigenvalue weighted by atomic mass is 10.0. The summed E-state index contributed by atoms with van der Waals surface area (Å²) in [5.74, 6) is -1.81. The number of amides is 4. The monoisotopic (exact) mass is 635 g/mol. The molecule has 3 aromatic rings. The molecule has 2 fully saturated rings. The number of fused-ring (bicyclic) bond motifs is 2. The van der Waals surface area contributed by atoms with Crippen LogP contribution in [0, 0.1) is 0 Å². The minimum absolute atomic E-state index is 0.0635. The van der Waals surface area contributed by atoms with Crippen molar-refractivity contribution >= 4 is 23.6 Å². The Balaban J connectivity index is 1.43. The van der Waals surface area contributed by atoms with Crippen LogP contribution in [0.25, 0.3) is 0 Å². The summed E-state index contributed by atoms with van der Waals surface area (Å²) < 4.78 is 41.6. The minimum atomic E-state index is -4.77. The summed E-state index contributed by atoms with van der Waals surface area (Å²) in [5.41, 5.74) is -0.438. The first-order valence-corrected chi connectivity index (χ1v) is 15.4. The van der Waals surface area contributed by atoms with Gasteiger partial charge in [0.1, 0.15) is 6.04 Å². The number of likely N-dealkylation sites (tertiary alicyclic amines) is 1. The van der Waals surface area contributed by atoms with E-state index in [-0.39, 0.29) is 44.3 Å². The van der Waals surface area contributed by atoms with E-state index in [0.717, 1.165) is 17.7 Å². The van der Waals surface area contributed by atoms with Crippen LogP contribution in [0.15, 0.2) is 79.1 Å². The van der Waals surface area contributed by atoms with Crippen molar-refractivity contribution in [3.63, 3.8) is 0 Å². The SMILES string of the molecule is O=C1NCCCCN(C(=O)Cc2cccnc2)CCCN(C(=O)c2ccccc2)[C@H]2C[C@@H]1N(C(=O)c1ccccc1C(F)(F)F)C2.